The Morgan fingerprint density at radius 3 is 2.57 bits per heavy atom. The van der Waals surface area contributed by atoms with Gasteiger partial charge in [0.05, 0.1) is 0 Å². The highest BCUT2D eigenvalue weighted by Gasteiger charge is 2.38. The first-order valence-corrected chi connectivity index (χ1v) is 16.3. The zero-order valence-electron chi connectivity index (χ0n) is 26.5. The molecule has 2 aliphatic rings. The number of hydrogen-bond acceptors (Lipinski definition) is 4. The van der Waals surface area contributed by atoms with Crippen molar-refractivity contribution < 1.29 is 18.7 Å². The minimum absolute atomic E-state index is 0.0811. The van der Waals surface area contributed by atoms with E-state index in [0.717, 1.165) is 40.7 Å². The number of halogens is 2. The third kappa shape index (κ3) is 7.00. The van der Waals surface area contributed by atoms with Crippen LogP contribution in [0.4, 0.5) is 14.9 Å². The summed E-state index contributed by atoms with van der Waals surface area (Å²) in [6.07, 6.45) is 3.95. The Kier molecular flexibility index (Phi) is 9.52. The lowest BCUT2D eigenvalue weighted by atomic mass is 9.88. The van der Waals surface area contributed by atoms with E-state index in [1.54, 1.807) is 17.0 Å². The van der Waals surface area contributed by atoms with Crippen LogP contribution in [0.2, 0.25) is 5.02 Å². The third-order valence-electron chi connectivity index (χ3n) is 9.17. The molecule has 1 aromatic heterocycles. The fraction of sp³-hybridized carbons (Fsp3) is 0.389. The Balaban J connectivity index is 1.24. The minimum Gasteiger partial charge on any atom is -0.490 e. The molecule has 1 saturated heterocycles. The van der Waals surface area contributed by atoms with Gasteiger partial charge in [-0.3, -0.25) is 4.79 Å². The number of nitrogens with one attached hydrogen (secondary N) is 2. The largest absolute Gasteiger partial charge is 0.490 e. The summed E-state index contributed by atoms with van der Waals surface area (Å²) >= 11 is 6.41. The van der Waals surface area contributed by atoms with E-state index in [1.165, 1.54) is 12.1 Å². The minimum atomic E-state index is -0.818. The van der Waals surface area contributed by atoms with Gasteiger partial charge in [0.25, 0.3) is 0 Å². The Morgan fingerprint density at radius 1 is 1.09 bits per heavy atom. The summed E-state index contributed by atoms with van der Waals surface area (Å²) in [7, 11) is 4.07. The van der Waals surface area contributed by atoms with Crippen LogP contribution < -0.4 is 15.0 Å². The highest BCUT2D eigenvalue weighted by Crippen LogP contribution is 2.35. The highest BCUT2D eigenvalue weighted by atomic mass is 35.5. The molecule has 1 fully saturated rings. The van der Waals surface area contributed by atoms with Crippen molar-refractivity contribution >= 4 is 40.1 Å². The summed E-state index contributed by atoms with van der Waals surface area (Å²) in [6, 6.07) is 18.6. The van der Waals surface area contributed by atoms with Gasteiger partial charge >= 0.3 is 6.03 Å². The second-order valence-corrected chi connectivity index (χ2v) is 13.3. The number of fused-ring (bicyclic) bond motifs is 2. The summed E-state index contributed by atoms with van der Waals surface area (Å²) in [6.45, 7) is 4.34. The summed E-state index contributed by atoms with van der Waals surface area (Å²) in [5, 5.41) is 4.83. The monoisotopic (exact) mass is 645 g/mol. The molecule has 4 aromatic rings. The van der Waals surface area contributed by atoms with Crippen molar-refractivity contribution in [3.8, 4) is 5.75 Å². The van der Waals surface area contributed by atoms with Gasteiger partial charge in [-0.15, -0.1) is 0 Å². The van der Waals surface area contributed by atoms with Gasteiger partial charge in [-0.2, -0.15) is 0 Å². The number of likely N-dealkylation sites (tertiary alicyclic amines) is 1. The molecular weight excluding hydrogens is 605 g/mol. The number of para-hydroxylation sites is 1. The van der Waals surface area contributed by atoms with E-state index < -0.39 is 6.04 Å². The predicted molar refractivity (Wildman–Crippen MR) is 180 cm³/mol. The summed E-state index contributed by atoms with van der Waals surface area (Å²) < 4.78 is 19.4. The Bertz CT molecular complexity index is 1680. The average molecular weight is 646 g/mol. The third-order valence-corrected chi connectivity index (χ3v) is 9.41. The van der Waals surface area contributed by atoms with Crippen LogP contribution in [-0.2, 0) is 11.2 Å². The zero-order valence-corrected chi connectivity index (χ0v) is 27.3. The van der Waals surface area contributed by atoms with Crippen molar-refractivity contribution in [1.82, 2.24) is 20.1 Å². The van der Waals surface area contributed by atoms with Crippen LogP contribution in [0.1, 0.15) is 36.8 Å². The number of carbonyl (C=O) groups excluding carboxylic acids is 2. The molecule has 0 saturated carbocycles. The molecule has 0 aliphatic carbocycles. The smallest absolute Gasteiger partial charge is 0.318 e. The number of H-pyrrole nitrogens is 1. The molecule has 2 N–H and O–H groups in total. The van der Waals surface area contributed by atoms with E-state index in [-0.39, 0.29) is 35.7 Å². The number of aromatic amines is 1. The van der Waals surface area contributed by atoms with E-state index >= 15 is 0 Å². The highest BCUT2D eigenvalue weighted by molar-refractivity contribution is 6.30. The number of hydrogen-bond donors (Lipinski definition) is 2. The zero-order chi connectivity index (χ0) is 32.4. The molecule has 0 bridgehead atoms. The molecule has 6 rings (SSSR count). The Morgan fingerprint density at radius 2 is 1.83 bits per heavy atom. The molecule has 3 amide bonds. The lowest BCUT2D eigenvalue weighted by molar-refractivity contribution is -0.121. The maximum Gasteiger partial charge on any atom is 0.318 e. The number of amides is 3. The number of nitrogens with zero attached hydrogens (tertiary/aromatic N) is 3. The topological polar surface area (TPSA) is 80.9 Å². The number of benzene rings is 3. The summed E-state index contributed by atoms with van der Waals surface area (Å²) in [4.78, 5) is 37.7. The standard InChI is InChI=1S/C36H41ClFN5O3/c1-23(31-20-39-32-7-5-4-6-30(31)32)34(35(44)43-22-24(21-41(2)3)18-25-19-26(37)8-13-33(25)43)40-36(45)42-16-14-29(15-17-42)46-28-11-9-27(38)10-12-28/h4-13,19-20,23-24,29,34,39H,14-18,21-22H2,1-3H3,(H,40,45)/t23-,24+,34+/m0/s1. The number of ether oxygens (including phenoxy) is 1. The first-order valence-electron chi connectivity index (χ1n) is 15.9. The number of rotatable bonds is 8. The van der Waals surface area contributed by atoms with Crippen LogP contribution in [0, 0.1) is 11.7 Å². The van der Waals surface area contributed by atoms with E-state index in [2.05, 4.69) is 15.2 Å². The molecule has 242 valence electrons. The van der Waals surface area contributed by atoms with E-state index in [1.807, 2.05) is 74.6 Å². The van der Waals surface area contributed by atoms with Crippen LogP contribution in [0.5, 0.6) is 5.75 Å². The van der Waals surface area contributed by atoms with Gasteiger partial charge in [0.2, 0.25) is 5.91 Å². The normalized spacial score (nSPS) is 18.3. The van der Waals surface area contributed by atoms with Crippen molar-refractivity contribution in [2.75, 3.05) is 45.2 Å². The van der Waals surface area contributed by atoms with Crippen molar-refractivity contribution in [2.24, 2.45) is 5.92 Å². The van der Waals surface area contributed by atoms with Crippen LogP contribution in [0.25, 0.3) is 10.9 Å². The van der Waals surface area contributed by atoms with Crippen LogP contribution in [0.15, 0.2) is 72.9 Å². The molecule has 0 radical (unpaired) electrons. The second kappa shape index (κ2) is 13.7. The number of aromatic nitrogens is 1. The van der Waals surface area contributed by atoms with Crippen LogP contribution >= 0.6 is 11.6 Å². The van der Waals surface area contributed by atoms with Crippen LogP contribution in [0.3, 0.4) is 0 Å². The lowest BCUT2D eigenvalue weighted by Crippen LogP contribution is -2.57. The molecule has 2 aliphatic heterocycles. The van der Waals surface area contributed by atoms with Gasteiger partial charge < -0.3 is 29.7 Å². The van der Waals surface area contributed by atoms with E-state index in [4.69, 9.17) is 16.3 Å². The molecule has 0 unspecified atom stereocenters. The van der Waals surface area contributed by atoms with Crippen molar-refractivity contribution in [3.05, 3.63) is 94.9 Å². The van der Waals surface area contributed by atoms with Crippen molar-refractivity contribution in [3.63, 3.8) is 0 Å². The maximum absolute atomic E-state index is 14.7. The fourth-order valence-corrected chi connectivity index (χ4v) is 7.08. The average Bonchev–Trinajstić information content (AvgIpc) is 3.48. The second-order valence-electron chi connectivity index (χ2n) is 12.8. The molecule has 8 nitrogen and oxygen atoms in total. The number of carbonyl (C=O) groups is 2. The molecule has 0 spiro atoms. The molecule has 46 heavy (non-hydrogen) atoms. The van der Waals surface area contributed by atoms with Gasteiger partial charge in [0, 0.05) is 72.7 Å². The predicted octanol–water partition coefficient (Wildman–Crippen LogP) is 6.45. The Hall–Kier alpha value is -4.08. The van der Waals surface area contributed by atoms with E-state index in [9.17, 15) is 14.0 Å². The molecule has 3 atom stereocenters. The van der Waals surface area contributed by atoms with Crippen molar-refractivity contribution in [1.29, 1.82) is 0 Å². The molecule has 10 heteroatoms. The molecule has 3 heterocycles. The van der Waals surface area contributed by atoms with Crippen molar-refractivity contribution in [2.45, 2.75) is 44.2 Å². The fourth-order valence-electron chi connectivity index (χ4n) is 6.89. The number of urea groups is 1. The van der Waals surface area contributed by atoms with Crippen LogP contribution in [-0.4, -0.2) is 79.1 Å². The summed E-state index contributed by atoms with van der Waals surface area (Å²) in [5.74, 6) is 0.0439. The Labute approximate surface area is 274 Å². The quantitative estimate of drug-likeness (QED) is 0.231. The summed E-state index contributed by atoms with van der Waals surface area (Å²) in [5.41, 5.74) is 3.83. The first kappa shape index (κ1) is 31.9. The first-order chi connectivity index (χ1) is 22.2. The van der Waals surface area contributed by atoms with Gasteiger partial charge in [-0.1, -0.05) is 36.7 Å². The van der Waals surface area contributed by atoms with Gasteiger partial charge in [0.15, 0.2) is 0 Å². The van der Waals surface area contributed by atoms with Gasteiger partial charge in [-0.05, 0) is 86.1 Å². The number of anilines is 1. The van der Waals surface area contributed by atoms with Gasteiger partial charge in [0.1, 0.15) is 23.7 Å². The maximum atomic E-state index is 14.7. The molecule has 3 aromatic carbocycles. The SMILES string of the molecule is C[C@@H](c1c[nH]c2ccccc12)[C@@H](NC(=O)N1CCC(Oc2ccc(F)cc2)CC1)C(=O)N1C[C@@H](CN(C)C)Cc2cc(Cl)ccc21. The molecular formula is C36H41ClFN5O3. The lowest BCUT2D eigenvalue weighted by Gasteiger charge is -2.39. The van der Waals surface area contributed by atoms with Gasteiger partial charge in [-0.25, -0.2) is 9.18 Å². The van der Waals surface area contributed by atoms with E-state index in [0.29, 0.717) is 43.2 Å². The number of piperidine rings is 1.